The Bertz CT molecular complexity index is 1410. The zero-order valence-electron chi connectivity index (χ0n) is 21.3. The number of aliphatic hydroxyl groups is 1. The quantitative estimate of drug-likeness (QED) is 0.256. The van der Waals surface area contributed by atoms with E-state index in [9.17, 15) is 33.3 Å². The highest BCUT2D eigenvalue weighted by molar-refractivity contribution is 9.11. The molecule has 0 spiro atoms. The average Bonchev–Trinajstić information content (AvgIpc) is 3.54. The minimum atomic E-state index is -5.01. The standard InChI is InChI=1S/C24H28BrFN3O10P/c1-36-29(17-6-4-16(26)5-7-17)24(9-2-3-10-24)22(32)39-40(34,35)37-14-19-18(30)12-20(38-19)28-13-15(8-11-25)21(31)27-23(28)33/h4-8,11,13,18-20,30H,2-3,9-10,12,14H2,1H3,(H,34,35)(H,27,31,33)/b11-8+/t18-,19+,20+/m0/s1. The highest BCUT2D eigenvalue weighted by Gasteiger charge is 2.51. The Labute approximate surface area is 235 Å². The van der Waals surface area contributed by atoms with E-state index in [-0.39, 0.29) is 24.8 Å². The van der Waals surface area contributed by atoms with Crippen molar-refractivity contribution in [2.75, 3.05) is 18.8 Å². The Morgan fingerprint density at radius 1 is 1.32 bits per heavy atom. The largest absolute Gasteiger partial charge is 0.529 e. The van der Waals surface area contributed by atoms with Crippen molar-refractivity contribution in [3.8, 4) is 0 Å². The molecule has 2 heterocycles. The molecular formula is C24H28BrFN3O10P. The van der Waals surface area contributed by atoms with Crippen molar-refractivity contribution in [3.63, 3.8) is 0 Å². The molecule has 1 unspecified atom stereocenters. The Morgan fingerprint density at radius 2 is 2.00 bits per heavy atom. The first-order valence-electron chi connectivity index (χ1n) is 12.3. The van der Waals surface area contributed by atoms with E-state index in [0.29, 0.717) is 18.5 Å². The fourth-order valence-corrected chi connectivity index (χ4v) is 5.93. The number of carbonyl (C=O) groups is 1. The first-order chi connectivity index (χ1) is 19.0. The van der Waals surface area contributed by atoms with Gasteiger partial charge in [0.2, 0.25) is 0 Å². The molecule has 1 aromatic carbocycles. The van der Waals surface area contributed by atoms with Gasteiger partial charge in [0.25, 0.3) is 5.56 Å². The Morgan fingerprint density at radius 3 is 2.62 bits per heavy atom. The Balaban J connectivity index is 1.44. The summed E-state index contributed by atoms with van der Waals surface area (Å²) in [4.78, 5) is 56.9. The second kappa shape index (κ2) is 12.5. The molecule has 1 aliphatic carbocycles. The van der Waals surface area contributed by atoms with E-state index in [1.165, 1.54) is 53.7 Å². The maximum Gasteiger partial charge on any atom is 0.529 e. The third kappa shape index (κ3) is 6.46. The van der Waals surface area contributed by atoms with Crippen LogP contribution in [0.3, 0.4) is 0 Å². The van der Waals surface area contributed by atoms with Gasteiger partial charge in [0.15, 0.2) is 5.54 Å². The van der Waals surface area contributed by atoms with Crippen molar-refractivity contribution in [1.82, 2.24) is 9.55 Å². The highest BCUT2D eigenvalue weighted by atomic mass is 79.9. The van der Waals surface area contributed by atoms with E-state index in [1.54, 1.807) is 0 Å². The number of phosphoric ester groups is 1. The molecule has 2 aromatic rings. The lowest BCUT2D eigenvalue weighted by Crippen LogP contribution is -2.53. The fraction of sp³-hybridized carbons (Fsp3) is 0.458. The summed E-state index contributed by atoms with van der Waals surface area (Å²) in [5.41, 5.74) is -2.37. The number of hydrogen-bond acceptors (Lipinski definition) is 10. The molecule has 0 amide bonds. The average molecular weight is 648 g/mol. The van der Waals surface area contributed by atoms with Gasteiger partial charge >= 0.3 is 19.5 Å². The van der Waals surface area contributed by atoms with E-state index in [4.69, 9.17) is 18.6 Å². The number of ether oxygens (including phenoxy) is 1. The van der Waals surface area contributed by atoms with Gasteiger partial charge in [-0.25, -0.2) is 23.6 Å². The van der Waals surface area contributed by atoms with Gasteiger partial charge in [-0.2, -0.15) is 0 Å². The van der Waals surface area contributed by atoms with Crippen molar-refractivity contribution >= 4 is 41.5 Å². The molecule has 0 bridgehead atoms. The van der Waals surface area contributed by atoms with E-state index < -0.39 is 61.4 Å². The van der Waals surface area contributed by atoms with Crippen molar-refractivity contribution in [2.45, 2.75) is 56.1 Å². The third-order valence-electron chi connectivity index (χ3n) is 6.80. The van der Waals surface area contributed by atoms with Crippen LogP contribution < -0.4 is 16.3 Å². The van der Waals surface area contributed by atoms with Gasteiger partial charge in [0, 0.05) is 12.6 Å². The number of rotatable bonds is 10. The van der Waals surface area contributed by atoms with E-state index in [0.717, 1.165) is 4.57 Å². The molecule has 4 rings (SSSR count). The molecule has 16 heteroatoms. The van der Waals surface area contributed by atoms with E-state index in [1.807, 2.05) is 0 Å². The van der Waals surface area contributed by atoms with Crippen molar-refractivity contribution in [1.29, 1.82) is 0 Å². The molecule has 2 fully saturated rings. The molecule has 4 atom stereocenters. The second-order valence-electron chi connectivity index (χ2n) is 9.31. The first-order valence-corrected chi connectivity index (χ1v) is 14.7. The minimum absolute atomic E-state index is 0.0868. The van der Waals surface area contributed by atoms with Crippen LogP contribution in [-0.2, 0) is 28.0 Å². The fourth-order valence-electron chi connectivity index (χ4n) is 4.87. The molecule has 1 saturated carbocycles. The van der Waals surface area contributed by atoms with Crippen LogP contribution >= 0.6 is 23.8 Å². The molecule has 13 nitrogen and oxygen atoms in total. The van der Waals surface area contributed by atoms with Gasteiger partial charge < -0.3 is 14.4 Å². The zero-order valence-corrected chi connectivity index (χ0v) is 23.8. The minimum Gasteiger partial charge on any atom is -0.390 e. The number of carbonyl (C=O) groups excluding carboxylic acids is 1. The molecule has 1 aromatic heterocycles. The molecule has 40 heavy (non-hydrogen) atoms. The van der Waals surface area contributed by atoms with Gasteiger partial charge in [-0.15, -0.1) is 0 Å². The molecule has 1 saturated heterocycles. The van der Waals surface area contributed by atoms with Crippen LogP contribution in [-0.4, -0.2) is 57.0 Å². The van der Waals surface area contributed by atoms with Crippen LogP contribution in [0, 0.1) is 5.82 Å². The third-order valence-corrected chi connectivity index (χ3v) is 7.93. The highest BCUT2D eigenvalue weighted by Crippen LogP contribution is 2.49. The number of hydrogen-bond donors (Lipinski definition) is 3. The van der Waals surface area contributed by atoms with Gasteiger partial charge in [0.05, 0.1) is 31.1 Å². The van der Waals surface area contributed by atoms with Crippen LogP contribution in [0.25, 0.3) is 6.08 Å². The van der Waals surface area contributed by atoms with Crippen LogP contribution in [0.2, 0.25) is 0 Å². The number of halogens is 2. The van der Waals surface area contributed by atoms with Gasteiger partial charge in [-0.05, 0) is 48.2 Å². The predicted molar refractivity (Wildman–Crippen MR) is 143 cm³/mol. The topological polar surface area (TPSA) is 170 Å². The number of H-pyrrole nitrogens is 1. The van der Waals surface area contributed by atoms with E-state index in [2.05, 4.69) is 20.9 Å². The summed E-state index contributed by atoms with van der Waals surface area (Å²) in [5, 5.41) is 11.7. The van der Waals surface area contributed by atoms with Crippen molar-refractivity contribution < 1.29 is 42.4 Å². The summed E-state index contributed by atoms with van der Waals surface area (Å²) in [7, 11) is -3.70. The van der Waals surface area contributed by atoms with Crippen LogP contribution in [0.5, 0.6) is 0 Å². The number of benzene rings is 1. The summed E-state index contributed by atoms with van der Waals surface area (Å²) >= 11 is 3.06. The number of aliphatic hydroxyl groups excluding tert-OH is 1. The number of nitrogens with zero attached hydrogens (tertiary/aromatic N) is 2. The molecule has 2 aliphatic rings. The second-order valence-corrected chi connectivity index (χ2v) is 11.2. The van der Waals surface area contributed by atoms with E-state index >= 15 is 0 Å². The summed E-state index contributed by atoms with van der Waals surface area (Å²) in [6.07, 6.45) is 0.886. The summed E-state index contributed by atoms with van der Waals surface area (Å²) in [5.74, 6) is -1.56. The Kier molecular flexibility index (Phi) is 9.45. The smallest absolute Gasteiger partial charge is 0.390 e. The van der Waals surface area contributed by atoms with Crippen molar-refractivity contribution in [2.24, 2.45) is 0 Å². The zero-order chi connectivity index (χ0) is 29.1. The number of hydroxylamine groups is 1. The number of anilines is 1. The van der Waals surface area contributed by atoms with Crippen LogP contribution in [0.15, 0.2) is 45.0 Å². The Hall–Kier alpha value is -2.65. The van der Waals surface area contributed by atoms with Gasteiger partial charge in [-0.1, -0.05) is 28.8 Å². The molecular weight excluding hydrogens is 620 g/mol. The predicted octanol–water partition coefficient (Wildman–Crippen LogP) is 2.73. The molecule has 1 aliphatic heterocycles. The van der Waals surface area contributed by atoms with Gasteiger partial charge in [-0.3, -0.25) is 28.6 Å². The maximum atomic E-state index is 13.5. The summed E-state index contributed by atoms with van der Waals surface area (Å²) in [6, 6.07) is 5.19. The lowest BCUT2D eigenvalue weighted by molar-refractivity contribution is -0.145. The lowest BCUT2D eigenvalue weighted by atomic mass is 9.96. The lowest BCUT2D eigenvalue weighted by Gasteiger charge is -2.38. The van der Waals surface area contributed by atoms with Crippen molar-refractivity contribution in [3.05, 3.63) is 67.7 Å². The number of aromatic amines is 1. The number of nitrogens with one attached hydrogen (secondary N) is 1. The molecule has 218 valence electrons. The molecule has 0 radical (unpaired) electrons. The normalized spacial score (nSPS) is 23.8. The number of aromatic nitrogens is 2. The summed E-state index contributed by atoms with van der Waals surface area (Å²) in [6.45, 7) is -0.649. The molecule has 3 N–H and O–H groups in total. The maximum absolute atomic E-state index is 13.5. The van der Waals surface area contributed by atoms with Crippen LogP contribution in [0.4, 0.5) is 10.1 Å². The van der Waals surface area contributed by atoms with Crippen LogP contribution in [0.1, 0.15) is 43.9 Å². The monoisotopic (exact) mass is 647 g/mol. The number of phosphoric acid groups is 1. The SMILES string of the molecule is CON(c1ccc(F)cc1)C1(C(=O)OP(=O)(O)OC[C@H]2O[C@@H](n3cc(/C=C/Br)c(=O)[nH]c3=O)C[C@@H]2O)CCCC1. The summed E-state index contributed by atoms with van der Waals surface area (Å²) < 4.78 is 42.9. The first kappa shape index (κ1) is 30.3. The van der Waals surface area contributed by atoms with Gasteiger partial charge in [0.1, 0.15) is 18.1 Å².